The minimum Gasteiger partial charge on any atom is -0.287 e. The fourth-order valence-electron chi connectivity index (χ4n) is 2.06. The van der Waals surface area contributed by atoms with E-state index in [2.05, 4.69) is 15.4 Å². The molecule has 1 aromatic carbocycles. The number of hydrogen-bond acceptors (Lipinski definition) is 6. The number of nitrogens with zero attached hydrogens (tertiary/aromatic N) is 2. The van der Waals surface area contributed by atoms with Crippen LogP contribution in [0.5, 0.6) is 0 Å². The van der Waals surface area contributed by atoms with Crippen molar-refractivity contribution >= 4 is 21.4 Å². The van der Waals surface area contributed by atoms with Crippen LogP contribution in [0.3, 0.4) is 0 Å². The molecule has 3 rings (SSSR count). The second-order valence-corrected chi connectivity index (χ2v) is 6.11. The molecule has 0 atom stereocenters. The number of sulfone groups is 1. The zero-order valence-electron chi connectivity index (χ0n) is 9.67. The highest BCUT2D eigenvalue weighted by molar-refractivity contribution is 7.90. The van der Waals surface area contributed by atoms with Gasteiger partial charge in [0.1, 0.15) is 0 Å². The van der Waals surface area contributed by atoms with Gasteiger partial charge in [-0.25, -0.2) is 8.42 Å². The number of ketones is 2. The molecule has 0 aliphatic heterocycles. The van der Waals surface area contributed by atoms with Crippen molar-refractivity contribution in [2.45, 2.75) is 4.90 Å². The van der Waals surface area contributed by atoms with Gasteiger partial charge in [0, 0.05) is 11.8 Å². The van der Waals surface area contributed by atoms with Crippen LogP contribution >= 0.6 is 0 Å². The first-order valence-electron chi connectivity index (χ1n) is 5.24. The van der Waals surface area contributed by atoms with E-state index < -0.39 is 21.4 Å². The Balaban J connectivity index is 2.41. The average molecular weight is 277 g/mol. The fraction of sp³-hybridized carbons (Fsp3) is 0.0909. The second-order valence-electron chi connectivity index (χ2n) is 4.13. The monoisotopic (exact) mass is 277 g/mol. The van der Waals surface area contributed by atoms with Gasteiger partial charge in [-0.2, -0.15) is 15.4 Å². The highest BCUT2D eigenvalue weighted by atomic mass is 32.2. The molecule has 0 bridgehead atoms. The number of benzene rings is 1. The van der Waals surface area contributed by atoms with E-state index in [1.165, 1.54) is 18.2 Å². The molecule has 0 unspecified atom stereocenters. The molecule has 1 aliphatic rings. The van der Waals surface area contributed by atoms with Crippen molar-refractivity contribution in [3.63, 3.8) is 0 Å². The number of rotatable bonds is 1. The first-order chi connectivity index (χ1) is 8.91. The van der Waals surface area contributed by atoms with Crippen molar-refractivity contribution in [3.8, 4) is 0 Å². The van der Waals surface area contributed by atoms with E-state index in [0.717, 1.165) is 6.26 Å². The number of carbonyl (C=O) groups excluding carboxylic acids is 2. The molecule has 1 aliphatic carbocycles. The Hall–Kier alpha value is -2.35. The SMILES string of the molecule is CS(=O)(=O)c1cccc2c1C(=O)c1n[nH]nc1C2=O. The van der Waals surface area contributed by atoms with Crippen LogP contribution in [0.1, 0.15) is 32.1 Å². The molecule has 7 nitrogen and oxygen atoms in total. The molecule has 8 heteroatoms. The third-order valence-corrected chi connectivity index (χ3v) is 4.01. The molecule has 0 fully saturated rings. The molecule has 0 spiro atoms. The van der Waals surface area contributed by atoms with Gasteiger partial charge >= 0.3 is 0 Å². The van der Waals surface area contributed by atoms with E-state index >= 15 is 0 Å². The lowest BCUT2D eigenvalue weighted by molar-refractivity contribution is 0.0971. The number of nitrogens with one attached hydrogen (secondary N) is 1. The van der Waals surface area contributed by atoms with Gasteiger partial charge in [0.2, 0.25) is 11.6 Å². The fourth-order valence-corrected chi connectivity index (χ4v) is 2.96. The van der Waals surface area contributed by atoms with Gasteiger partial charge in [0.25, 0.3) is 0 Å². The van der Waals surface area contributed by atoms with E-state index in [-0.39, 0.29) is 27.4 Å². The Morgan fingerprint density at radius 3 is 2.32 bits per heavy atom. The molecule has 1 N–H and O–H groups in total. The van der Waals surface area contributed by atoms with Crippen LogP contribution in [0.25, 0.3) is 0 Å². The summed E-state index contributed by atoms with van der Waals surface area (Å²) in [5, 5.41) is 9.43. The summed E-state index contributed by atoms with van der Waals surface area (Å²) in [7, 11) is -3.62. The standard InChI is InChI=1S/C11H7N3O4S/c1-19(17,18)6-4-2-3-5-7(6)11(16)9-8(10(5)15)12-14-13-9/h2-4H,1H3,(H,12,13,14). The highest BCUT2D eigenvalue weighted by Gasteiger charge is 2.36. The molecule has 0 saturated carbocycles. The van der Waals surface area contributed by atoms with Crippen LogP contribution in [0.15, 0.2) is 23.1 Å². The van der Waals surface area contributed by atoms with E-state index in [1.807, 2.05) is 0 Å². The number of hydrogen-bond donors (Lipinski definition) is 1. The molecule has 0 radical (unpaired) electrons. The molecule has 0 saturated heterocycles. The molecule has 96 valence electrons. The lowest BCUT2D eigenvalue weighted by Crippen LogP contribution is -2.23. The second kappa shape index (κ2) is 3.58. The van der Waals surface area contributed by atoms with Crippen LogP contribution in [0, 0.1) is 0 Å². The first kappa shape index (κ1) is 11.7. The van der Waals surface area contributed by atoms with Gasteiger partial charge in [0.05, 0.1) is 10.5 Å². The summed E-state index contributed by atoms with van der Waals surface area (Å²) in [5.74, 6) is -1.12. The van der Waals surface area contributed by atoms with Crippen molar-refractivity contribution in [1.29, 1.82) is 0 Å². The number of aromatic nitrogens is 3. The number of fused-ring (bicyclic) bond motifs is 2. The van der Waals surface area contributed by atoms with E-state index in [1.54, 1.807) is 0 Å². The Kier molecular flexibility index (Phi) is 2.21. The van der Waals surface area contributed by atoms with Gasteiger partial charge in [-0.05, 0) is 6.07 Å². The Labute approximate surface area is 107 Å². The number of aromatic amines is 1. The molecular weight excluding hydrogens is 270 g/mol. The van der Waals surface area contributed by atoms with Crippen LogP contribution in [0.4, 0.5) is 0 Å². The Bertz CT molecular complexity index is 835. The zero-order valence-corrected chi connectivity index (χ0v) is 10.5. The van der Waals surface area contributed by atoms with Crippen molar-refractivity contribution in [1.82, 2.24) is 15.4 Å². The summed E-state index contributed by atoms with van der Waals surface area (Å²) in [6.45, 7) is 0. The summed E-state index contributed by atoms with van der Waals surface area (Å²) in [6.07, 6.45) is 0.985. The maximum atomic E-state index is 12.2. The van der Waals surface area contributed by atoms with Gasteiger partial charge in [0.15, 0.2) is 21.2 Å². The van der Waals surface area contributed by atoms with E-state index in [9.17, 15) is 18.0 Å². The predicted molar refractivity (Wildman–Crippen MR) is 62.8 cm³/mol. The summed E-state index contributed by atoms with van der Waals surface area (Å²) < 4.78 is 23.4. The maximum absolute atomic E-state index is 12.2. The van der Waals surface area contributed by atoms with E-state index in [0.29, 0.717) is 0 Å². The van der Waals surface area contributed by atoms with Gasteiger partial charge < -0.3 is 0 Å². The quantitative estimate of drug-likeness (QED) is 0.669. The normalized spacial score (nSPS) is 14.2. The molecular formula is C11H7N3O4S. The van der Waals surface area contributed by atoms with Gasteiger partial charge in [-0.15, -0.1) is 0 Å². The predicted octanol–water partition coefficient (Wildman–Crippen LogP) is -0.0164. The lowest BCUT2D eigenvalue weighted by atomic mass is 9.90. The summed E-state index contributed by atoms with van der Waals surface area (Å²) in [5.41, 5.74) is -0.317. The van der Waals surface area contributed by atoms with Crippen LogP contribution in [-0.2, 0) is 9.84 Å². The zero-order chi connectivity index (χ0) is 13.8. The van der Waals surface area contributed by atoms with Crippen molar-refractivity contribution in [3.05, 3.63) is 40.7 Å². The third kappa shape index (κ3) is 1.53. The van der Waals surface area contributed by atoms with Gasteiger partial charge in [-0.3, -0.25) is 9.59 Å². The Morgan fingerprint density at radius 1 is 1.05 bits per heavy atom. The smallest absolute Gasteiger partial charge is 0.217 e. The molecule has 2 aromatic rings. The number of H-pyrrole nitrogens is 1. The average Bonchev–Trinajstić information content (AvgIpc) is 2.83. The minimum absolute atomic E-state index is 0.0364. The number of carbonyl (C=O) groups is 2. The highest BCUT2D eigenvalue weighted by Crippen LogP contribution is 2.29. The largest absolute Gasteiger partial charge is 0.287 e. The van der Waals surface area contributed by atoms with Gasteiger partial charge in [-0.1, -0.05) is 12.1 Å². The molecule has 0 amide bonds. The van der Waals surface area contributed by atoms with Crippen molar-refractivity contribution in [2.24, 2.45) is 0 Å². The van der Waals surface area contributed by atoms with E-state index in [4.69, 9.17) is 0 Å². The summed E-state index contributed by atoms with van der Waals surface area (Å²) >= 11 is 0. The summed E-state index contributed by atoms with van der Waals surface area (Å²) in [4.78, 5) is 24.2. The first-order valence-corrected chi connectivity index (χ1v) is 7.13. The van der Waals surface area contributed by atoms with Crippen LogP contribution in [-0.4, -0.2) is 41.7 Å². The third-order valence-electron chi connectivity index (χ3n) is 2.88. The minimum atomic E-state index is -3.62. The van der Waals surface area contributed by atoms with Crippen LogP contribution < -0.4 is 0 Å². The lowest BCUT2D eigenvalue weighted by Gasteiger charge is -2.14. The molecule has 1 aromatic heterocycles. The van der Waals surface area contributed by atoms with Crippen molar-refractivity contribution < 1.29 is 18.0 Å². The molecule has 1 heterocycles. The maximum Gasteiger partial charge on any atom is 0.217 e. The molecule has 19 heavy (non-hydrogen) atoms. The Morgan fingerprint density at radius 2 is 1.68 bits per heavy atom. The topological polar surface area (TPSA) is 110 Å². The van der Waals surface area contributed by atoms with Crippen molar-refractivity contribution in [2.75, 3.05) is 6.26 Å². The van der Waals surface area contributed by atoms with Crippen LogP contribution in [0.2, 0.25) is 0 Å². The summed E-state index contributed by atoms with van der Waals surface area (Å²) in [6, 6.07) is 4.12.